The van der Waals surface area contributed by atoms with E-state index in [1.54, 1.807) is 0 Å². The van der Waals surface area contributed by atoms with Gasteiger partial charge in [0, 0.05) is 12.8 Å². The van der Waals surface area contributed by atoms with Crippen molar-refractivity contribution in [2.45, 2.75) is 309 Å². The summed E-state index contributed by atoms with van der Waals surface area (Å²) in [5.41, 5.74) is 0. The summed E-state index contributed by atoms with van der Waals surface area (Å²) in [4.78, 5) is 24.5. The number of aliphatic hydroxyl groups is 1. The van der Waals surface area contributed by atoms with Crippen LogP contribution in [0.15, 0.2) is 48.6 Å². The summed E-state index contributed by atoms with van der Waals surface area (Å²) in [6.07, 6.45) is 73.9. The summed E-state index contributed by atoms with van der Waals surface area (Å²) in [7, 11) is 0. The second-order valence-corrected chi connectivity index (χ2v) is 19.3. The molecule has 5 heteroatoms. The van der Waals surface area contributed by atoms with Crippen LogP contribution in [-0.2, 0) is 19.1 Å². The Hall–Kier alpha value is -2.14. The molecule has 0 aliphatic rings. The SMILES string of the molecule is CC/C=C\C/C=C\C/C=C\C/C=C\CCCCCCCCC(=O)OC(CO)COC(=O)CCCCCCCCCCCCCCCCCCCCCCCCCCCCCCCCCC. The van der Waals surface area contributed by atoms with E-state index in [0.29, 0.717) is 12.8 Å². The Morgan fingerprint density at radius 1 is 0.369 bits per heavy atom. The lowest BCUT2D eigenvalue weighted by Gasteiger charge is -2.15. The number of hydrogen-bond acceptors (Lipinski definition) is 5. The molecule has 1 atom stereocenters. The van der Waals surface area contributed by atoms with Gasteiger partial charge in [0.1, 0.15) is 6.61 Å². The van der Waals surface area contributed by atoms with E-state index in [-0.39, 0.29) is 25.2 Å². The van der Waals surface area contributed by atoms with Crippen LogP contribution in [0.3, 0.4) is 0 Å². The fourth-order valence-electron chi connectivity index (χ4n) is 8.61. The number of carbonyl (C=O) groups excluding carboxylic acids is 2. The number of carbonyl (C=O) groups is 2. The lowest BCUT2D eigenvalue weighted by molar-refractivity contribution is -0.161. The third kappa shape index (κ3) is 54.4. The van der Waals surface area contributed by atoms with Crippen LogP contribution in [0.5, 0.6) is 0 Å². The summed E-state index contributed by atoms with van der Waals surface area (Å²) >= 11 is 0. The van der Waals surface area contributed by atoms with Gasteiger partial charge >= 0.3 is 11.9 Å². The van der Waals surface area contributed by atoms with Gasteiger partial charge in [-0.25, -0.2) is 0 Å². The Morgan fingerprint density at radius 2 is 0.662 bits per heavy atom. The van der Waals surface area contributed by atoms with Crippen LogP contribution in [0.1, 0.15) is 303 Å². The number of rotatable bonds is 53. The maximum absolute atomic E-state index is 12.3. The molecule has 65 heavy (non-hydrogen) atoms. The lowest BCUT2D eigenvalue weighted by atomic mass is 10.0. The van der Waals surface area contributed by atoms with Crippen LogP contribution in [0.2, 0.25) is 0 Å². The molecule has 0 radical (unpaired) electrons. The van der Waals surface area contributed by atoms with Crippen molar-refractivity contribution in [1.29, 1.82) is 0 Å². The molecule has 0 saturated carbocycles. The second kappa shape index (κ2) is 56.2. The lowest BCUT2D eigenvalue weighted by Crippen LogP contribution is -2.28. The average molecular weight is 912 g/mol. The number of hydrogen-bond donors (Lipinski definition) is 1. The van der Waals surface area contributed by atoms with Crippen LogP contribution in [0, 0.1) is 0 Å². The molecular formula is C60H110O5. The smallest absolute Gasteiger partial charge is 0.306 e. The van der Waals surface area contributed by atoms with E-state index in [9.17, 15) is 14.7 Å². The van der Waals surface area contributed by atoms with Crippen molar-refractivity contribution in [1.82, 2.24) is 0 Å². The summed E-state index contributed by atoms with van der Waals surface area (Å²) in [6.45, 7) is 4.05. The highest BCUT2D eigenvalue weighted by Gasteiger charge is 2.16. The van der Waals surface area contributed by atoms with Gasteiger partial charge in [-0.1, -0.05) is 287 Å². The molecule has 0 rings (SSSR count). The van der Waals surface area contributed by atoms with Crippen molar-refractivity contribution < 1.29 is 24.2 Å². The maximum Gasteiger partial charge on any atom is 0.306 e. The van der Waals surface area contributed by atoms with E-state index in [2.05, 4.69) is 62.5 Å². The molecule has 0 amide bonds. The fourth-order valence-corrected chi connectivity index (χ4v) is 8.61. The molecule has 0 heterocycles. The highest BCUT2D eigenvalue weighted by Crippen LogP contribution is 2.18. The number of allylic oxidation sites excluding steroid dienone is 8. The van der Waals surface area contributed by atoms with Crippen molar-refractivity contribution in [2.75, 3.05) is 13.2 Å². The van der Waals surface area contributed by atoms with Gasteiger partial charge in [0.2, 0.25) is 0 Å². The molecule has 0 aromatic rings. The average Bonchev–Trinajstić information content (AvgIpc) is 3.31. The van der Waals surface area contributed by atoms with E-state index in [1.807, 2.05) is 0 Å². The van der Waals surface area contributed by atoms with E-state index in [0.717, 1.165) is 70.6 Å². The van der Waals surface area contributed by atoms with Crippen molar-refractivity contribution in [3.05, 3.63) is 48.6 Å². The molecule has 0 spiro atoms. The minimum absolute atomic E-state index is 0.0695. The maximum atomic E-state index is 12.3. The van der Waals surface area contributed by atoms with E-state index < -0.39 is 6.10 Å². The standard InChI is InChI=1S/C60H110O5/c1-3-5-7-9-11-13-15-17-19-21-23-24-25-26-27-28-29-30-31-32-33-34-35-37-38-40-42-44-46-48-50-52-54-59(62)64-57-58(56-61)65-60(63)55-53-51-49-47-45-43-41-39-36-22-20-18-16-14-12-10-8-6-4-2/h6,8,12,14,18,20,36,39,58,61H,3-5,7,9-11,13,15-17,19,21-35,37-38,40-57H2,1-2H3/b8-6-,14-12-,20-18-,39-36-. The molecule has 0 aromatic heterocycles. The number of ether oxygens (including phenoxy) is 2. The van der Waals surface area contributed by atoms with Gasteiger partial charge < -0.3 is 14.6 Å². The Labute approximate surface area is 405 Å². The molecular weight excluding hydrogens is 801 g/mol. The zero-order valence-corrected chi connectivity index (χ0v) is 43.5. The third-order valence-electron chi connectivity index (χ3n) is 12.9. The quantitative estimate of drug-likeness (QED) is 0.0374. The Morgan fingerprint density at radius 3 is 1.00 bits per heavy atom. The molecule has 0 aromatic carbocycles. The van der Waals surface area contributed by atoms with E-state index in [4.69, 9.17) is 9.47 Å². The first-order chi connectivity index (χ1) is 32.1. The van der Waals surface area contributed by atoms with Crippen LogP contribution < -0.4 is 0 Å². The number of unbranched alkanes of at least 4 members (excludes halogenated alkanes) is 37. The molecule has 0 fully saturated rings. The summed E-state index contributed by atoms with van der Waals surface area (Å²) in [6, 6.07) is 0. The van der Waals surface area contributed by atoms with Gasteiger partial charge in [0.05, 0.1) is 6.61 Å². The first kappa shape index (κ1) is 62.9. The number of aliphatic hydroxyl groups excluding tert-OH is 1. The molecule has 380 valence electrons. The van der Waals surface area contributed by atoms with Gasteiger partial charge in [0.15, 0.2) is 6.10 Å². The number of esters is 2. The van der Waals surface area contributed by atoms with Crippen molar-refractivity contribution >= 4 is 11.9 Å². The van der Waals surface area contributed by atoms with Crippen LogP contribution in [-0.4, -0.2) is 36.4 Å². The Balaban J connectivity index is 3.42. The van der Waals surface area contributed by atoms with Gasteiger partial charge in [-0.3, -0.25) is 9.59 Å². The summed E-state index contributed by atoms with van der Waals surface area (Å²) in [5, 5.41) is 9.64. The predicted octanol–water partition coefficient (Wildman–Crippen LogP) is 19.3. The van der Waals surface area contributed by atoms with Crippen LogP contribution in [0.4, 0.5) is 0 Å². The summed E-state index contributed by atoms with van der Waals surface area (Å²) < 4.78 is 10.7. The van der Waals surface area contributed by atoms with Gasteiger partial charge in [-0.05, 0) is 51.4 Å². The summed E-state index contributed by atoms with van der Waals surface area (Å²) in [5.74, 6) is -0.595. The molecule has 0 bridgehead atoms. The zero-order chi connectivity index (χ0) is 47.0. The zero-order valence-electron chi connectivity index (χ0n) is 43.5. The van der Waals surface area contributed by atoms with Crippen LogP contribution in [0.25, 0.3) is 0 Å². The van der Waals surface area contributed by atoms with Gasteiger partial charge in [-0.2, -0.15) is 0 Å². The normalized spacial score (nSPS) is 12.5. The predicted molar refractivity (Wildman–Crippen MR) is 284 cm³/mol. The molecule has 0 aliphatic heterocycles. The van der Waals surface area contributed by atoms with Crippen molar-refractivity contribution in [3.63, 3.8) is 0 Å². The second-order valence-electron chi connectivity index (χ2n) is 19.3. The molecule has 0 aliphatic carbocycles. The topological polar surface area (TPSA) is 72.8 Å². The highest BCUT2D eigenvalue weighted by atomic mass is 16.6. The monoisotopic (exact) mass is 911 g/mol. The largest absolute Gasteiger partial charge is 0.462 e. The molecule has 5 nitrogen and oxygen atoms in total. The minimum atomic E-state index is -0.780. The first-order valence-electron chi connectivity index (χ1n) is 28.7. The van der Waals surface area contributed by atoms with E-state index >= 15 is 0 Å². The van der Waals surface area contributed by atoms with E-state index in [1.165, 1.54) is 205 Å². The molecule has 1 N–H and O–H groups in total. The van der Waals surface area contributed by atoms with Crippen LogP contribution >= 0.6 is 0 Å². The van der Waals surface area contributed by atoms with Crippen molar-refractivity contribution in [2.24, 2.45) is 0 Å². The first-order valence-corrected chi connectivity index (χ1v) is 28.7. The van der Waals surface area contributed by atoms with Gasteiger partial charge in [0.25, 0.3) is 0 Å². The van der Waals surface area contributed by atoms with Gasteiger partial charge in [-0.15, -0.1) is 0 Å². The third-order valence-corrected chi connectivity index (χ3v) is 12.9. The molecule has 0 saturated heterocycles. The van der Waals surface area contributed by atoms with Crippen molar-refractivity contribution in [3.8, 4) is 0 Å². The Kier molecular flexibility index (Phi) is 54.3. The fraction of sp³-hybridized carbons (Fsp3) is 0.833. The highest BCUT2D eigenvalue weighted by molar-refractivity contribution is 5.70. The molecule has 1 unspecified atom stereocenters. The minimum Gasteiger partial charge on any atom is -0.462 e. The Bertz CT molecular complexity index is 1080.